The lowest BCUT2D eigenvalue weighted by atomic mass is 10.2. The van der Waals surface area contributed by atoms with E-state index in [1.165, 1.54) is 24.3 Å². The molecular weight excluding hydrogens is 362 g/mol. The molecule has 6 nitrogen and oxygen atoms in total. The Bertz CT molecular complexity index is 737. The zero-order valence-corrected chi connectivity index (χ0v) is 12.8. The number of para-hydroxylation sites is 1. The van der Waals surface area contributed by atoms with Crippen LogP contribution < -0.4 is 10.5 Å². The van der Waals surface area contributed by atoms with Gasteiger partial charge >= 0.3 is 5.69 Å². The molecule has 0 unspecified atom stereocenters. The van der Waals surface area contributed by atoms with Crippen molar-refractivity contribution in [3.63, 3.8) is 0 Å². The molecule has 8 heteroatoms. The quantitative estimate of drug-likeness (QED) is 0.366. The number of amidine groups is 1. The van der Waals surface area contributed by atoms with Crippen molar-refractivity contribution >= 4 is 39.1 Å². The summed E-state index contributed by atoms with van der Waals surface area (Å²) in [5.41, 5.74) is 5.56. The Morgan fingerprint density at radius 3 is 2.71 bits per heavy atom. The summed E-state index contributed by atoms with van der Waals surface area (Å²) < 4.78 is 5.99. The predicted octanol–water partition coefficient (Wildman–Crippen LogP) is 4.09. The van der Waals surface area contributed by atoms with Crippen LogP contribution in [0.2, 0.25) is 5.02 Å². The van der Waals surface area contributed by atoms with Crippen LogP contribution in [-0.2, 0) is 0 Å². The predicted molar refractivity (Wildman–Crippen MR) is 83.3 cm³/mol. The monoisotopic (exact) mass is 369 g/mol. The van der Waals surface area contributed by atoms with Gasteiger partial charge in [-0.2, -0.15) is 0 Å². The number of halogens is 2. The van der Waals surface area contributed by atoms with Gasteiger partial charge in [0.25, 0.3) is 0 Å². The van der Waals surface area contributed by atoms with Crippen LogP contribution in [0.25, 0.3) is 0 Å². The Morgan fingerprint density at radius 1 is 1.38 bits per heavy atom. The first-order valence-corrected chi connectivity index (χ1v) is 6.82. The zero-order valence-electron chi connectivity index (χ0n) is 10.5. The molecule has 108 valence electrons. The van der Waals surface area contributed by atoms with Crippen molar-refractivity contribution in [2.24, 2.45) is 5.73 Å². The van der Waals surface area contributed by atoms with Crippen LogP contribution >= 0.6 is 27.5 Å². The Balaban J connectivity index is 2.55. The van der Waals surface area contributed by atoms with E-state index in [1.54, 1.807) is 12.1 Å². The molecule has 0 saturated heterocycles. The standard InChI is InChI=1S/C13H9BrClN3O3/c14-9-2-1-3-10(18(19)20)12(9)21-11-6-7(15)4-5-8(11)13(16)17/h1-6H,(H3,16,17). The van der Waals surface area contributed by atoms with Crippen molar-refractivity contribution in [3.05, 3.63) is 61.6 Å². The molecule has 21 heavy (non-hydrogen) atoms. The SMILES string of the molecule is N=C(N)c1ccc(Cl)cc1Oc1c(Br)cccc1[N+](=O)[O-]. The third-order valence-electron chi connectivity index (χ3n) is 2.59. The Kier molecular flexibility index (Phi) is 4.44. The van der Waals surface area contributed by atoms with Crippen molar-refractivity contribution in [2.75, 3.05) is 0 Å². The van der Waals surface area contributed by atoms with Gasteiger partial charge in [-0.05, 0) is 34.1 Å². The molecule has 3 N–H and O–H groups in total. The molecule has 0 radical (unpaired) electrons. The largest absolute Gasteiger partial charge is 0.448 e. The van der Waals surface area contributed by atoms with Crippen LogP contribution in [0, 0.1) is 15.5 Å². The molecule has 0 fully saturated rings. The summed E-state index contributed by atoms with van der Waals surface area (Å²) in [5.74, 6) is -0.0337. The number of ether oxygens (including phenoxy) is 1. The van der Waals surface area contributed by atoms with E-state index >= 15 is 0 Å². The van der Waals surface area contributed by atoms with Gasteiger partial charge in [0.15, 0.2) is 0 Å². The van der Waals surface area contributed by atoms with E-state index in [9.17, 15) is 10.1 Å². The lowest BCUT2D eigenvalue weighted by Crippen LogP contribution is -2.12. The summed E-state index contributed by atoms with van der Waals surface area (Å²) in [6.07, 6.45) is 0. The molecule has 2 aromatic rings. The molecule has 0 aliphatic rings. The normalized spacial score (nSPS) is 10.2. The minimum Gasteiger partial charge on any atom is -0.448 e. The molecule has 0 saturated carbocycles. The summed E-state index contributed by atoms with van der Waals surface area (Å²) in [4.78, 5) is 10.5. The van der Waals surface area contributed by atoms with E-state index in [-0.39, 0.29) is 23.0 Å². The number of nitro groups is 1. The minimum absolute atomic E-state index is 0.0206. The maximum absolute atomic E-state index is 11.1. The summed E-state index contributed by atoms with van der Waals surface area (Å²) in [7, 11) is 0. The van der Waals surface area contributed by atoms with E-state index in [4.69, 9.17) is 27.5 Å². The van der Waals surface area contributed by atoms with E-state index < -0.39 is 4.92 Å². The topological polar surface area (TPSA) is 102 Å². The molecule has 2 rings (SSSR count). The molecule has 0 spiro atoms. The van der Waals surface area contributed by atoms with Crippen LogP contribution in [0.5, 0.6) is 11.5 Å². The fourth-order valence-corrected chi connectivity index (χ4v) is 2.25. The van der Waals surface area contributed by atoms with E-state index in [0.717, 1.165) is 0 Å². The lowest BCUT2D eigenvalue weighted by Gasteiger charge is -2.12. The number of nitrogens with zero attached hydrogens (tertiary/aromatic N) is 1. The molecule has 0 heterocycles. The van der Waals surface area contributed by atoms with Crippen molar-refractivity contribution in [1.29, 1.82) is 5.41 Å². The van der Waals surface area contributed by atoms with E-state index in [0.29, 0.717) is 15.1 Å². The maximum Gasteiger partial charge on any atom is 0.312 e. The number of nitrogens with two attached hydrogens (primary N) is 1. The molecular formula is C13H9BrClN3O3. The molecule has 0 aliphatic carbocycles. The van der Waals surface area contributed by atoms with Gasteiger partial charge in [0.05, 0.1) is 15.0 Å². The molecule has 0 aliphatic heterocycles. The summed E-state index contributed by atoms with van der Waals surface area (Å²) in [6, 6.07) is 8.97. The zero-order chi connectivity index (χ0) is 15.6. The molecule has 0 bridgehead atoms. The van der Waals surface area contributed by atoms with Crippen molar-refractivity contribution in [3.8, 4) is 11.5 Å². The summed E-state index contributed by atoms with van der Waals surface area (Å²) in [5, 5.41) is 18.9. The number of hydrogen-bond donors (Lipinski definition) is 2. The van der Waals surface area contributed by atoms with Gasteiger partial charge in [0.1, 0.15) is 11.6 Å². The maximum atomic E-state index is 11.1. The smallest absolute Gasteiger partial charge is 0.312 e. The van der Waals surface area contributed by atoms with Crippen LogP contribution in [0.4, 0.5) is 5.69 Å². The molecule has 0 amide bonds. The Morgan fingerprint density at radius 2 is 2.10 bits per heavy atom. The van der Waals surface area contributed by atoms with Crippen molar-refractivity contribution < 1.29 is 9.66 Å². The average molecular weight is 371 g/mol. The van der Waals surface area contributed by atoms with E-state index in [2.05, 4.69) is 15.9 Å². The highest BCUT2D eigenvalue weighted by Crippen LogP contribution is 2.39. The van der Waals surface area contributed by atoms with Crippen molar-refractivity contribution in [1.82, 2.24) is 0 Å². The van der Waals surface area contributed by atoms with Gasteiger partial charge in [-0.3, -0.25) is 15.5 Å². The average Bonchev–Trinajstić information content (AvgIpc) is 2.40. The van der Waals surface area contributed by atoms with Crippen LogP contribution in [-0.4, -0.2) is 10.8 Å². The number of nitro benzene ring substituents is 1. The fraction of sp³-hybridized carbons (Fsp3) is 0. The van der Waals surface area contributed by atoms with Crippen molar-refractivity contribution in [2.45, 2.75) is 0 Å². The van der Waals surface area contributed by atoms with Gasteiger partial charge in [-0.25, -0.2) is 0 Å². The number of nitrogen functional groups attached to an aromatic ring is 1. The number of rotatable bonds is 4. The van der Waals surface area contributed by atoms with Crippen LogP contribution in [0.1, 0.15) is 5.56 Å². The van der Waals surface area contributed by atoms with Gasteiger partial charge in [-0.1, -0.05) is 17.7 Å². The first-order chi connectivity index (χ1) is 9.90. The first-order valence-electron chi connectivity index (χ1n) is 5.65. The van der Waals surface area contributed by atoms with Crippen LogP contribution in [0.15, 0.2) is 40.9 Å². The summed E-state index contributed by atoms with van der Waals surface area (Å²) >= 11 is 9.10. The molecule has 2 aromatic carbocycles. The van der Waals surface area contributed by atoms with Gasteiger partial charge in [0, 0.05) is 17.2 Å². The third-order valence-corrected chi connectivity index (χ3v) is 3.45. The third kappa shape index (κ3) is 3.32. The fourth-order valence-electron chi connectivity index (χ4n) is 1.66. The van der Waals surface area contributed by atoms with Gasteiger partial charge in [-0.15, -0.1) is 0 Å². The minimum atomic E-state index is -0.557. The number of hydrogen-bond acceptors (Lipinski definition) is 4. The van der Waals surface area contributed by atoms with Gasteiger partial charge < -0.3 is 10.5 Å². The highest BCUT2D eigenvalue weighted by molar-refractivity contribution is 9.10. The second-order valence-electron chi connectivity index (χ2n) is 4.00. The number of nitrogens with one attached hydrogen (secondary N) is 1. The Labute approximate surface area is 133 Å². The Hall–Kier alpha value is -2.12. The second kappa shape index (κ2) is 6.11. The molecule has 0 aromatic heterocycles. The second-order valence-corrected chi connectivity index (χ2v) is 5.29. The lowest BCUT2D eigenvalue weighted by molar-refractivity contribution is -0.385. The van der Waals surface area contributed by atoms with Crippen LogP contribution in [0.3, 0.4) is 0 Å². The van der Waals surface area contributed by atoms with E-state index in [1.807, 2.05) is 0 Å². The highest BCUT2D eigenvalue weighted by atomic mass is 79.9. The first kappa shape index (κ1) is 15.3. The summed E-state index contributed by atoms with van der Waals surface area (Å²) in [6.45, 7) is 0. The molecule has 0 atom stereocenters. The number of benzene rings is 2. The highest BCUT2D eigenvalue weighted by Gasteiger charge is 2.20. The van der Waals surface area contributed by atoms with Gasteiger partial charge in [0.2, 0.25) is 5.75 Å².